The Morgan fingerprint density at radius 2 is 2.29 bits per heavy atom. The van der Waals surface area contributed by atoms with Gasteiger partial charge in [-0.2, -0.15) is 0 Å². The highest BCUT2D eigenvalue weighted by atomic mass is 79.9. The maximum absolute atomic E-state index is 10.7. The largest absolute Gasteiger partial charge is 0.494 e. The lowest BCUT2D eigenvalue weighted by Crippen LogP contribution is -2.03. The molecule has 0 aliphatic rings. The van der Waals surface area contributed by atoms with Crippen LogP contribution >= 0.6 is 15.9 Å². The first-order chi connectivity index (χ1) is 8.11. The van der Waals surface area contributed by atoms with E-state index in [9.17, 15) is 4.79 Å². The number of rotatable bonds is 3. The number of ether oxygens (including phenoxy) is 1. The zero-order valence-electron chi connectivity index (χ0n) is 8.79. The maximum Gasteiger partial charge on any atom is 0.375 e. The lowest BCUT2D eigenvalue weighted by Gasteiger charge is -2.07. The zero-order chi connectivity index (χ0) is 12.4. The second-order valence-electron chi connectivity index (χ2n) is 3.13. The van der Waals surface area contributed by atoms with Gasteiger partial charge in [0.15, 0.2) is 0 Å². The van der Waals surface area contributed by atoms with Crippen LogP contribution in [0.3, 0.4) is 0 Å². The minimum absolute atomic E-state index is 0.255. The Morgan fingerprint density at radius 1 is 1.53 bits per heavy atom. The fraction of sp³-hybridized carbons (Fsp3) is 0.100. The molecule has 0 saturated carbocycles. The number of carbonyl (C=O) groups is 1. The van der Waals surface area contributed by atoms with Crippen LogP contribution in [0.4, 0.5) is 0 Å². The molecule has 0 aliphatic carbocycles. The van der Waals surface area contributed by atoms with Crippen molar-refractivity contribution in [2.24, 2.45) is 0 Å². The van der Waals surface area contributed by atoms with E-state index in [1.165, 1.54) is 18.1 Å². The van der Waals surface area contributed by atoms with Crippen molar-refractivity contribution in [2.45, 2.75) is 0 Å². The average Bonchev–Trinajstić information content (AvgIpc) is 2.78. The number of carboxylic acids is 1. The normalized spacial score (nSPS) is 10.2. The van der Waals surface area contributed by atoms with Crippen molar-refractivity contribution < 1.29 is 14.6 Å². The minimum atomic E-state index is -1.17. The number of carboxylic acid groups (broad SMARTS) is 1. The van der Waals surface area contributed by atoms with Crippen LogP contribution in [0.5, 0.6) is 5.75 Å². The summed E-state index contributed by atoms with van der Waals surface area (Å²) in [7, 11) is 1.53. The Balaban J connectivity index is 2.48. The quantitative estimate of drug-likeness (QED) is 0.934. The summed E-state index contributed by atoms with van der Waals surface area (Å²) in [6.07, 6.45) is 1.33. The molecule has 6 nitrogen and oxygen atoms in total. The fourth-order valence-corrected chi connectivity index (χ4v) is 1.66. The van der Waals surface area contributed by atoms with Crippen LogP contribution in [-0.2, 0) is 0 Å². The standard InChI is InChI=1S/C10H8BrN3O3/c1-17-8-4-6(11)2-3-7(8)14-5-12-9(13-14)10(15)16/h2-5H,1H3,(H,15,16). The molecule has 17 heavy (non-hydrogen) atoms. The van der Waals surface area contributed by atoms with Crippen LogP contribution in [0.15, 0.2) is 29.0 Å². The summed E-state index contributed by atoms with van der Waals surface area (Å²) >= 11 is 3.32. The van der Waals surface area contributed by atoms with Crippen LogP contribution in [-0.4, -0.2) is 33.0 Å². The molecule has 2 aromatic rings. The lowest BCUT2D eigenvalue weighted by molar-refractivity contribution is 0.0683. The number of halogens is 1. The Kier molecular flexibility index (Phi) is 3.10. The van der Waals surface area contributed by atoms with Crippen LogP contribution in [0.1, 0.15) is 10.6 Å². The monoisotopic (exact) mass is 297 g/mol. The first-order valence-corrected chi connectivity index (χ1v) is 5.40. The van der Waals surface area contributed by atoms with Crippen molar-refractivity contribution in [3.8, 4) is 11.4 Å². The van der Waals surface area contributed by atoms with E-state index in [0.717, 1.165) is 4.47 Å². The van der Waals surface area contributed by atoms with Crippen molar-refractivity contribution in [3.63, 3.8) is 0 Å². The minimum Gasteiger partial charge on any atom is -0.494 e. The molecule has 1 aromatic heterocycles. The smallest absolute Gasteiger partial charge is 0.375 e. The molecule has 88 valence electrons. The van der Waals surface area contributed by atoms with E-state index >= 15 is 0 Å². The second-order valence-corrected chi connectivity index (χ2v) is 4.05. The summed E-state index contributed by atoms with van der Waals surface area (Å²) in [6.45, 7) is 0. The molecule has 0 fully saturated rings. The topological polar surface area (TPSA) is 77.2 Å². The Labute approximate surface area is 105 Å². The van der Waals surface area contributed by atoms with Crippen molar-refractivity contribution in [1.82, 2.24) is 14.8 Å². The van der Waals surface area contributed by atoms with Gasteiger partial charge in [0.25, 0.3) is 5.82 Å². The number of nitrogens with zero attached hydrogens (tertiary/aromatic N) is 3. The van der Waals surface area contributed by atoms with E-state index in [0.29, 0.717) is 11.4 Å². The molecule has 7 heteroatoms. The van der Waals surface area contributed by atoms with Gasteiger partial charge in [-0.05, 0) is 18.2 Å². The van der Waals surface area contributed by atoms with Crippen molar-refractivity contribution in [3.05, 3.63) is 34.8 Å². The molecule has 0 unspecified atom stereocenters. The molecule has 0 atom stereocenters. The van der Waals surface area contributed by atoms with Gasteiger partial charge >= 0.3 is 5.97 Å². The van der Waals surface area contributed by atoms with E-state index < -0.39 is 5.97 Å². The van der Waals surface area contributed by atoms with Gasteiger partial charge in [-0.1, -0.05) is 15.9 Å². The molecule has 0 amide bonds. The third kappa shape index (κ3) is 2.28. The summed E-state index contributed by atoms with van der Waals surface area (Å²) in [4.78, 5) is 14.4. The second kappa shape index (κ2) is 4.54. The Bertz CT molecular complexity index is 568. The van der Waals surface area contributed by atoms with Gasteiger partial charge in [-0.3, -0.25) is 0 Å². The van der Waals surface area contributed by atoms with E-state index in [-0.39, 0.29) is 5.82 Å². The summed E-state index contributed by atoms with van der Waals surface area (Å²) < 4.78 is 7.40. The van der Waals surface area contributed by atoms with E-state index in [2.05, 4.69) is 26.0 Å². The highest BCUT2D eigenvalue weighted by Gasteiger charge is 2.12. The van der Waals surface area contributed by atoms with Crippen LogP contribution in [0.2, 0.25) is 0 Å². The summed E-state index contributed by atoms with van der Waals surface area (Å²) in [6, 6.07) is 5.32. The van der Waals surface area contributed by atoms with Crippen LogP contribution < -0.4 is 4.74 Å². The molecule has 1 N–H and O–H groups in total. The van der Waals surface area contributed by atoms with Crippen molar-refractivity contribution in [1.29, 1.82) is 0 Å². The molecule has 0 radical (unpaired) electrons. The third-order valence-electron chi connectivity index (χ3n) is 2.07. The molecule has 1 aromatic carbocycles. The predicted octanol–water partition coefficient (Wildman–Crippen LogP) is 1.74. The molecule has 0 saturated heterocycles. The van der Waals surface area contributed by atoms with Gasteiger partial charge in [0.05, 0.1) is 7.11 Å². The Morgan fingerprint density at radius 3 is 2.88 bits per heavy atom. The van der Waals surface area contributed by atoms with Gasteiger partial charge in [-0.25, -0.2) is 14.5 Å². The van der Waals surface area contributed by atoms with Gasteiger partial charge < -0.3 is 9.84 Å². The number of methoxy groups -OCH3 is 1. The molecule has 2 rings (SSSR count). The third-order valence-corrected chi connectivity index (χ3v) is 2.56. The number of hydrogen-bond acceptors (Lipinski definition) is 4. The zero-order valence-corrected chi connectivity index (χ0v) is 10.4. The van der Waals surface area contributed by atoms with Gasteiger partial charge in [0.1, 0.15) is 17.8 Å². The predicted molar refractivity (Wildman–Crippen MR) is 62.6 cm³/mol. The van der Waals surface area contributed by atoms with Gasteiger partial charge in [0.2, 0.25) is 0 Å². The summed E-state index contributed by atoms with van der Waals surface area (Å²) in [5.74, 6) is -0.851. The van der Waals surface area contributed by atoms with E-state index in [1.807, 2.05) is 0 Å². The molecule has 0 bridgehead atoms. The first kappa shape index (κ1) is 11.6. The van der Waals surface area contributed by atoms with Gasteiger partial charge in [0, 0.05) is 4.47 Å². The molecular weight excluding hydrogens is 290 g/mol. The van der Waals surface area contributed by atoms with Crippen molar-refractivity contribution >= 4 is 21.9 Å². The summed E-state index contributed by atoms with van der Waals surface area (Å²) in [5, 5.41) is 12.6. The SMILES string of the molecule is COc1cc(Br)ccc1-n1cnc(C(=O)O)n1. The van der Waals surface area contributed by atoms with Crippen LogP contribution in [0.25, 0.3) is 5.69 Å². The highest BCUT2D eigenvalue weighted by molar-refractivity contribution is 9.10. The Hall–Kier alpha value is -1.89. The first-order valence-electron chi connectivity index (χ1n) is 4.60. The number of hydrogen-bond donors (Lipinski definition) is 1. The highest BCUT2D eigenvalue weighted by Crippen LogP contribution is 2.26. The maximum atomic E-state index is 10.7. The number of aromatic carboxylic acids is 1. The van der Waals surface area contributed by atoms with E-state index in [4.69, 9.17) is 9.84 Å². The van der Waals surface area contributed by atoms with E-state index in [1.54, 1.807) is 18.2 Å². The van der Waals surface area contributed by atoms with Gasteiger partial charge in [-0.15, -0.1) is 5.10 Å². The average molecular weight is 298 g/mol. The lowest BCUT2D eigenvalue weighted by atomic mass is 10.3. The molecule has 1 heterocycles. The number of benzene rings is 1. The molecule has 0 spiro atoms. The molecule has 0 aliphatic heterocycles. The fourth-order valence-electron chi connectivity index (χ4n) is 1.32. The summed E-state index contributed by atoms with van der Waals surface area (Å²) in [5.41, 5.74) is 0.621. The van der Waals surface area contributed by atoms with Crippen LogP contribution in [0, 0.1) is 0 Å². The number of aromatic nitrogens is 3. The molecular formula is C10H8BrN3O3. The van der Waals surface area contributed by atoms with Crippen molar-refractivity contribution in [2.75, 3.05) is 7.11 Å².